The molecule has 0 spiro atoms. The molecule has 2 saturated heterocycles. The molecule has 1 atom stereocenters. The van der Waals surface area contributed by atoms with Crippen LogP contribution >= 0.6 is 0 Å². The van der Waals surface area contributed by atoms with Crippen LogP contribution in [0.3, 0.4) is 0 Å². The van der Waals surface area contributed by atoms with Crippen LogP contribution in [0, 0.1) is 11.3 Å². The number of amides is 2. The van der Waals surface area contributed by atoms with Gasteiger partial charge in [0.15, 0.2) is 0 Å². The Labute approximate surface area is 135 Å². The van der Waals surface area contributed by atoms with Crippen molar-refractivity contribution in [3.05, 3.63) is 0 Å². The van der Waals surface area contributed by atoms with Gasteiger partial charge in [-0.05, 0) is 12.8 Å². The van der Waals surface area contributed by atoms with Crippen molar-refractivity contribution in [3.63, 3.8) is 0 Å². The van der Waals surface area contributed by atoms with E-state index in [1.54, 1.807) is 0 Å². The molecule has 9 nitrogen and oxygen atoms in total. The molecular formula is C13H21N5O4S. The summed E-state index contributed by atoms with van der Waals surface area (Å²) < 4.78 is 25.4. The Kier molecular flexibility index (Phi) is 5.92. The maximum atomic E-state index is 12.1. The van der Waals surface area contributed by atoms with E-state index in [0.29, 0.717) is 19.5 Å². The van der Waals surface area contributed by atoms with E-state index >= 15 is 0 Å². The molecule has 2 rings (SSSR count). The standard InChI is InChI=1S/C13H21N5O4S/c14-8-11-2-1-5-18(11)13(20)9-15-4-7-23(21,22)17-6-3-16-12(19)10-17/h11,15H,1-7,9-10H2,(H,16,19). The van der Waals surface area contributed by atoms with Gasteiger partial charge in [-0.15, -0.1) is 0 Å². The summed E-state index contributed by atoms with van der Waals surface area (Å²) in [6, 6.07) is 1.72. The number of hydrogen-bond acceptors (Lipinski definition) is 6. The maximum absolute atomic E-state index is 12.1. The lowest BCUT2D eigenvalue weighted by molar-refractivity contribution is -0.130. The molecule has 0 aromatic heterocycles. The zero-order valence-electron chi connectivity index (χ0n) is 12.8. The molecule has 10 heteroatoms. The number of nitrogens with zero attached hydrogens (tertiary/aromatic N) is 3. The summed E-state index contributed by atoms with van der Waals surface area (Å²) in [6.45, 7) is 1.13. The average molecular weight is 343 g/mol. The van der Waals surface area contributed by atoms with Gasteiger partial charge in [0, 0.05) is 26.2 Å². The number of sulfonamides is 1. The molecule has 23 heavy (non-hydrogen) atoms. The van der Waals surface area contributed by atoms with E-state index in [9.17, 15) is 18.0 Å². The topological polar surface area (TPSA) is 123 Å². The van der Waals surface area contributed by atoms with Gasteiger partial charge >= 0.3 is 0 Å². The number of carbonyl (C=O) groups excluding carboxylic acids is 2. The van der Waals surface area contributed by atoms with Crippen molar-refractivity contribution in [2.24, 2.45) is 0 Å². The third kappa shape index (κ3) is 4.63. The number of nitrogens with one attached hydrogen (secondary N) is 2. The van der Waals surface area contributed by atoms with Crippen LogP contribution in [0.1, 0.15) is 12.8 Å². The number of hydrogen-bond donors (Lipinski definition) is 2. The van der Waals surface area contributed by atoms with Crippen molar-refractivity contribution in [2.75, 3.05) is 45.0 Å². The molecule has 0 bridgehead atoms. The summed E-state index contributed by atoms with van der Waals surface area (Å²) in [5.74, 6) is -0.668. The van der Waals surface area contributed by atoms with Crippen LogP contribution in [0.25, 0.3) is 0 Å². The lowest BCUT2D eigenvalue weighted by atomic mass is 10.2. The second-order valence-corrected chi connectivity index (χ2v) is 7.64. The Morgan fingerprint density at radius 2 is 2.22 bits per heavy atom. The summed E-state index contributed by atoms with van der Waals surface area (Å²) in [5, 5.41) is 14.3. The van der Waals surface area contributed by atoms with Crippen molar-refractivity contribution < 1.29 is 18.0 Å². The van der Waals surface area contributed by atoms with Crippen LogP contribution in [-0.2, 0) is 19.6 Å². The van der Waals surface area contributed by atoms with Crippen molar-refractivity contribution in [3.8, 4) is 6.07 Å². The number of carbonyl (C=O) groups is 2. The summed E-state index contributed by atoms with van der Waals surface area (Å²) in [6.07, 6.45) is 1.50. The Morgan fingerprint density at radius 1 is 1.43 bits per heavy atom. The second-order valence-electron chi connectivity index (χ2n) is 5.55. The highest BCUT2D eigenvalue weighted by Crippen LogP contribution is 2.15. The van der Waals surface area contributed by atoms with E-state index in [1.807, 2.05) is 0 Å². The van der Waals surface area contributed by atoms with Crippen molar-refractivity contribution >= 4 is 21.8 Å². The van der Waals surface area contributed by atoms with Gasteiger partial charge in [0.1, 0.15) is 6.04 Å². The molecule has 1 unspecified atom stereocenters. The first-order valence-corrected chi connectivity index (χ1v) is 9.19. The van der Waals surface area contributed by atoms with Crippen molar-refractivity contribution in [1.29, 1.82) is 5.26 Å². The summed E-state index contributed by atoms with van der Waals surface area (Å²) in [7, 11) is -3.52. The molecule has 0 aromatic carbocycles. The Balaban J connectivity index is 1.73. The van der Waals surface area contributed by atoms with E-state index in [4.69, 9.17) is 5.26 Å². The van der Waals surface area contributed by atoms with E-state index < -0.39 is 10.0 Å². The fraction of sp³-hybridized carbons (Fsp3) is 0.769. The van der Waals surface area contributed by atoms with Crippen molar-refractivity contribution in [1.82, 2.24) is 19.8 Å². The number of rotatable bonds is 6. The van der Waals surface area contributed by atoms with Gasteiger partial charge in [-0.2, -0.15) is 9.57 Å². The molecule has 2 heterocycles. The summed E-state index contributed by atoms with van der Waals surface area (Å²) in [5.41, 5.74) is 0. The molecule has 0 aliphatic carbocycles. The first-order valence-electron chi connectivity index (χ1n) is 7.58. The van der Waals surface area contributed by atoms with Gasteiger partial charge in [0.2, 0.25) is 21.8 Å². The molecule has 128 valence electrons. The predicted molar refractivity (Wildman–Crippen MR) is 81.6 cm³/mol. The monoisotopic (exact) mass is 343 g/mol. The first-order chi connectivity index (χ1) is 10.9. The average Bonchev–Trinajstić information content (AvgIpc) is 3.00. The van der Waals surface area contributed by atoms with Gasteiger partial charge in [-0.25, -0.2) is 8.42 Å². The third-order valence-corrected chi connectivity index (χ3v) is 5.75. The maximum Gasteiger partial charge on any atom is 0.237 e. The third-order valence-electron chi connectivity index (χ3n) is 3.93. The number of likely N-dealkylation sites (tertiary alicyclic amines) is 1. The van der Waals surface area contributed by atoms with Crippen LogP contribution in [0.4, 0.5) is 0 Å². The van der Waals surface area contributed by atoms with Crippen LogP contribution in [0.2, 0.25) is 0 Å². The molecule has 2 fully saturated rings. The molecule has 2 aliphatic heterocycles. The van der Waals surface area contributed by atoms with Crippen LogP contribution in [0.15, 0.2) is 0 Å². The van der Waals surface area contributed by atoms with Crippen LogP contribution in [-0.4, -0.2) is 80.5 Å². The second kappa shape index (κ2) is 7.72. The molecular weight excluding hydrogens is 322 g/mol. The lowest BCUT2D eigenvalue weighted by Crippen LogP contribution is -2.51. The van der Waals surface area contributed by atoms with Gasteiger partial charge in [0.05, 0.1) is 24.9 Å². The quantitative estimate of drug-likeness (QED) is 0.530. The van der Waals surface area contributed by atoms with E-state index in [1.165, 1.54) is 4.90 Å². The smallest absolute Gasteiger partial charge is 0.237 e. The van der Waals surface area contributed by atoms with E-state index in [0.717, 1.165) is 10.7 Å². The first kappa shape index (κ1) is 17.7. The number of piperazine rings is 1. The molecule has 2 N–H and O–H groups in total. The largest absolute Gasteiger partial charge is 0.354 e. The highest BCUT2D eigenvalue weighted by molar-refractivity contribution is 7.89. The van der Waals surface area contributed by atoms with Gasteiger partial charge in [-0.3, -0.25) is 9.59 Å². The summed E-state index contributed by atoms with van der Waals surface area (Å²) >= 11 is 0. The van der Waals surface area contributed by atoms with E-state index in [-0.39, 0.29) is 49.8 Å². The lowest BCUT2D eigenvalue weighted by Gasteiger charge is -2.26. The predicted octanol–water partition coefficient (Wildman–Crippen LogP) is -2.15. The zero-order valence-corrected chi connectivity index (χ0v) is 13.6. The molecule has 2 amide bonds. The number of nitriles is 1. The molecule has 2 aliphatic rings. The molecule has 0 aromatic rings. The SMILES string of the molecule is N#CC1CCCN1C(=O)CNCCS(=O)(=O)N1CCNC(=O)C1. The van der Waals surface area contributed by atoms with Crippen LogP contribution < -0.4 is 10.6 Å². The fourth-order valence-corrected chi connectivity index (χ4v) is 4.02. The normalized spacial score (nSPS) is 22.7. The van der Waals surface area contributed by atoms with Gasteiger partial charge < -0.3 is 15.5 Å². The van der Waals surface area contributed by atoms with Gasteiger partial charge in [-0.1, -0.05) is 0 Å². The van der Waals surface area contributed by atoms with E-state index in [2.05, 4.69) is 16.7 Å². The van der Waals surface area contributed by atoms with Crippen LogP contribution in [0.5, 0.6) is 0 Å². The molecule has 0 radical (unpaired) electrons. The minimum Gasteiger partial charge on any atom is -0.354 e. The zero-order chi connectivity index (χ0) is 16.9. The Bertz CT molecular complexity index is 600. The summed E-state index contributed by atoms with van der Waals surface area (Å²) in [4.78, 5) is 24.7. The molecule has 0 saturated carbocycles. The van der Waals surface area contributed by atoms with Gasteiger partial charge in [0.25, 0.3) is 0 Å². The van der Waals surface area contributed by atoms with Crippen molar-refractivity contribution in [2.45, 2.75) is 18.9 Å². The minimum atomic E-state index is -3.52. The fourth-order valence-electron chi connectivity index (χ4n) is 2.68. The Hall–Kier alpha value is -1.70. The Morgan fingerprint density at radius 3 is 2.91 bits per heavy atom. The highest BCUT2D eigenvalue weighted by atomic mass is 32.2. The minimum absolute atomic E-state index is 0.00812. The highest BCUT2D eigenvalue weighted by Gasteiger charge is 2.29.